The van der Waals surface area contributed by atoms with Gasteiger partial charge in [-0.05, 0) is 33.1 Å². The fourth-order valence-electron chi connectivity index (χ4n) is 2.04. The van der Waals surface area contributed by atoms with Gasteiger partial charge in [0.1, 0.15) is 5.60 Å². The molecule has 0 aromatic carbocycles. The molecule has 0 radical (unpaired) electrons. The van der Waals surface area contributed by atoms with Crippen molar-refractivity contribution in [1.29, 1.82) is 0 Å². The molecule has 2 fully saturated rings. The van der Waals surface area contributed by atoms with Crippen molar-refractivity contribution in [1.82, 2.24) is 10.6 Å². The second-order valence-corrected chi connectivity index (χ2v) is 5.31. The van der Waals surface area contributed by atoms with Crippen molar-refractivity contribution in [2.75, 3.05) is 13.1 Å². The molecule has 1 amide bonds. The summed E-state index contributed by atoms with van der Waals surface area (Å²) in [6.07, 6.45) is 0.808. The zero-order valence-electron chi connectivity index (χ0n) is 9.42. The third-order valence-electron chi connectivity index (χ3n) is 2.81. The van der Waals surface area contributed by atoms with Gasteiger partial charge in [0.05, 0.1) is 5.54 Å². The molecule has 1 aliphatic heterocycles. The number of hydrogen-bond acceptors (Lipinski definition) is 3. The molecule has 2 N–H and O–H groups in total. The molecule has 1 aliphatic carbocycles. The van der Waals surface area contributed by atoms with Crippen LogP contribution >= 0.6 is 12.4 Å². The summed E-state index contributed by atoms with van der Waals surface area (Å²) in [6, 6.07) is 0. The molecule has 88 valence electrons. The van der Waals surface area contributed by atoms with Gasteiger partial charge in [0.15, 0.2) is 0 Å². The Balaban J connectivity index is 0.00000112. The molecule has 15 heavy (non-hydrogen) atoms. The van der Waals surface area contributed by atoms with E-state index in [1.165, 1.54) is 0 Å². The highest BCUT2D eigenvalue weighted by atomic mass is 35.5. The Morgan fingerprint density at radius 3 is 2.60 bits per heavy atom. The fourth-order valence-corrected chi connectivity index (χ4v) is 2.04. The number of alkyl carbamates (subject to hydrolysis) is 1. The number of rotatable bonds is 1. The van der Waals surface area contributed by atoms with Crippen LogP contribution in [0.15, 0.2) is 0 Å². The molecule has 5 heteroatoms. The summed E-state index contributed by atoms with van der Waals surface area (Å²) in [7, 11) is 0. The maximum absolute atomic E-state index is 11.5. The molecule has 0 bridgehead atoms. The van der Waals surface area contributed by atoms with Crippen LogP contribution in [-0.4, -0.2) is 30.3 Å². The second kappa shape index (κ2) is 3.83. The van der Waals surface area contributed by atoms with Crippen molar-refractivity contribution < 1.29 is 9.53 Å². The minimum absolute atomic E-state index is 0. The van der Waals surface area contributed by atoms with Gasteiger partial charge in [0, 0.05) is 13.1 Å². The van der Waals surface area contributed by atoms with Gasteiger partial charge in [-0.25, -0.2) is 4.79 Å². The molecular weight excluding hydrogens is 216 g/mol. The molecule has 2 atom stereocenters. The highest BCUT2D eigenvalue weighted by Gasteiger charge is 2.58. The Morgan fingerprint density at radius 1 is 1.53 bits per heavy atom. The normalized spacial score (nSPS) is 32.6. The number of halogens is 1. The molecule has 2 aliphatic rings. The van der Waals surface area contributed by atoms with Crippen molar-refractivity contribution in [2.45, 2.75) is 38.3 Å². The van der Waals surface area contributed by atoms with E-state index < -0.39 is 5.60 Å². The lowest BCUT2D eigenvalue weighted by Crippen LogP contribution is -2.43. The van der Waals surface area contributed by atoms with Gasteiger partial charge in [0.2, 0.25) is 0 Å². The number of carbonyl (C=O) groups is 1. The van der Waals surface area contributed by atoms with Gasteiger partial charge in [-0.1, -0.05) is 0 Å². The first-order valence-electron chi connectivity index (χ1n) is 5.13. The van der Waals surface area contributed by atoms with Gasteiger partial charge in [-0.2, -0.15) is 0 Å². The molecule has 1 saturated carbocycles. The van der Waals surface area contributed by atoms with E-state index in [2.05, 4.69) is 10.6 Å². The summed E-state index contributed by atoms with van der Waals surface area (Å²) in [6.45, 7) is 7.54. The smallest absolute Gasteiger partial charge is 0.408 e. The van der Waals surface area contributed by atoms with E-state index >= 15 is 0 Å². The van der Waals surface area contributed by atoms with Crippen molar-refractivity contribution in [3.63, 3.8) is 0 Å². The Hall–Kier alpha value is -0.480. The van der Waals surface area contributed by atoms with Gasteiger partial charge < -0.3 is 15.4 Å². The van der Waals surface area contributed by atoms with E-state index in [-0.39, 0.29) is 24.0 Å². The maximum Gasteiger partial charge on any atom is 0.408 e. The van der Waals surface area contributed by atoms with Gasteiger partial charge in [-0.15, -0.1) is 12.4 Å². The molecular formula is C10H19ClN2O2. The van der Waals surface area contributed by atoms with Crippen LogP contribution in [0.2, 0.25) is 0 Å². The first-order valence-corrected chi connectivity index (χ1v) is 5.13. The molecule has 4 nitrogen and oxygen atoms in total. The zero-order valence-corrected chi connectivity index (χ0v) is 10.2. The van der Waals surface area contributed by atoms with Gasteiger partial charge in [-0.3, -0.25) is 0 Å². The molecule has 0 aromatic rings. The highest BCUT2D eigenvalue weighted by Crippen LogP contribution is 2.46. The quantitative estimate of drug-likeness (QED) is 0.719. The van der Waals surface area contributed by atoms with Crippen molar-refractivity contribution in [3.8, 4) is 0 Å². The van der Waals surface area contributed by atoms with Crippen LogP contribution < -0.4 is 10.6 Å². The summed E-state index contributed by atoms with van der Waals surface area (Å²) in [5.74, 6) is 0.620. The van der Waals surface area contributed by atoms with Gasteiger partial charge >= 0.3 is 6.09 Å². The lowest BCUT2D eigenvalue weighted by Gasteiger charge is -2.22. The van der Waals surface area contributed by atoms with Gasteiger partial charge in [0.25, 0.3) is 0 Å². The maximum atomic E-state index is 11.5. The summed E-state index contributed by atoms with van der Waals surface area (Å²) in [5.41, 5.74) is -0.389. The predicted molar refractivity (Wildman–Crippen MR) is 60.3 cm³/mol. The standard InChI is InChI=1S/C10H18N2O2.ClH/c1-9(2,3)14-8(13)12-10-4-7(10)5-11-6-10;/h7,11H,4-6H2,1-3H3,(H,12,13);1H/t7-,10-;/m0./s1. The van der Waals surface area contributed by atoms with E-state index in [0.717, 1.165) is 19.5 Å². The highest BCUT2D eigenvalue weighted by molar-refractivity contribution is 5.85. The number of amides is 1. The van der Waals surface area contributed by atoms with Crippen LogP contribution in [0, 0.1) is 5.92 Å². The largest absolute Gasteiger partial charge is 0.444 e. The van der Waals surface area contributed by atoms with Crippen LogP contribution in [0.1, 0.15) is 27.2 Å². The van der Waals surface area contributed by atoms with Crippen LogP contribution in [0.25, 0.3) is 0 Å². The third-order valence-corrected chi connectivity index (χ3v) is 2.81. The topological polar surface area (TPSA) is 50.4 Å². The number of ether oxygens (including phenoxy) is 1. The van der Waals surface area contributed by atoms with E-state index in [0.29, 0.717) is 5.92 Å². The molecule has 1 saturated heterocycles. The monoisotopic (exact) mass is 234 g/mol. The first-order chi connectivity index (χ1) is 6.41. The van der Waals surface area contributed by atoms with E-state index in [1.54, 1.807) is 0 Å². The minimum atomic E-state index is -0.406. The number of hydrogen-bond donors (Lipinski definition) is 2. The lowest BCUT2D eigenvalue weighted by atomic mass is 10.2. The fraction of sp³-hybridized carbons (Fsp3) is 0.900. The Kier molecular flexibility index (Phi) is 3.22. The molecule has 0 aromatic heterocycles. The van der Waals surface area contributed by atoms with Crippen molar-refractivity contribution in [2.24, 2.45) is 5.92 Å². The first kappa shape index (κ1) is 12.6. The van der Waals surface area contributed by atoms with E-state index in [1.807, 2.05) is 20.8 Å². The molecule has 2 rings (SSSR count). The summed E-state index contributed by atoms with van der Waals surface area (Å²) in [4.78, 5) is 11.5. The van der Waals surface area contributed by atoms with Crippen LogP contribution in [0.4, 0.5) is 4.79 Å². The molecule has 0 spiro atoms. The predicted octanol–water partition coefficient (Wildman–Crippen LogP) is 1.29. The second-order valence-electron chi connectivity index (χ2n) is 5.31. The zero-order chi connectivity index (χ0) is 10.4. The summed E-state index contributed by atoms with van der Waals surface area (Å²) < 4.78 is 5.21. The third kappa shape index (κ3) is 2.75. The van der Waals surface area contributed by atoms with E-state index in [4.69, 9.17) is 4.74 Å². The number of nitrogens with one attached hydrogen (secondary N) is 2. The van der Waals surface area contributed by atoms with Crippen LogP contribution in [0.3, 0.4) is 0 Å². The SMILES string of the molecule is CC(C)(C)OC(=O)N[C@@]12CNC[C@@H]1C2.Cl. The van der Waals surface area contributed by atoms with E-state index in [9.17, 15) is 4.79 Å². The Labute approximate surface area is 96.5 Å². The average Bonchev–Trinajstić information content (AvgIpc) is 2.48. The number of piperidine rings is 1. The summed E-state index contributed by atoms with van der Waals surface area (Å²) >= 11 is 0. The Bertz CT molecular complexity index is 265. The minimum Gasteiger partial charge on any atom is -0.444 e. The average molecular weight is 235 g/mol. The Morgan fingerprint density at radius 2 is 2.20 bits per heavy atom. The molecule has 0 unspecified atom stereocenters. The van der Waals surface area contributed by atoms with Crippen molar-refractivity contribution in [3.05, 3.63) is 0 Å². The van der Waals surface area contributed by atoms with Crippen molar-refractivity contribution >= 4 is 18.5 Å². The lowest BCUT2D eigenvalue weighted by molar-refractivity contribution is 0.0497. The van der Waals surface area contributed by atoms with Crippen LogP contribution in [-0.2, 0) is 4.74 Å². The molecule has 1 heterocycles. The van der Waals surface area contributed by atoms with Crippen LogP contribution in [0.5, 0.6) is 0 Å². The number of fused-ring (bicyclic) bond motifs is 1. The summed E-state index contributed by atoms with van der Waals surface area (Å²) in [5, 5.41) is 6.22. The number of carbonyl (C=O) groups excluding carboxylic acids is 1.